The Morgan fingerprint density at radius 2 is 2.09 bits per heavy atom. The molecule has 0 unspecified atom stereocenters. The molecule has 0 amide bonds. The Morgan fingerprint density at radius 3 is 2.82 bits per heavy atom. The van der Waals surface area contributed by atoms with E-state index in [1.165, 1.54) is 13.3 Å². The van der Waals surface area contributed by atoms with Crippen LogP contribution in [0, 0.1) is 0 Å². The number of alkyl halides is 2. The Kier molecular flexibility index (Phi) is 4.02. The van der Waals surface area contributed by atoms with Gasteiger partial charge in [0.2, 0.25) is 18.3 Å². The summed E-state index contributed by atoms with van der Waals surface area (Å²) in [4.78, 5) is 12.7. The van der Waals surface area contributed by atoms with Gasteiger partial charge < -0.3 is 4.74 Å². The van der Waals surface area contributed by atoms with Crippen LogP contribution in [0.2, 0.25) is 0 Å². The number of hydrogen-bond acceptors (Lipinski definition) is 4. The van der Waals surface area contributed by atoms with E-state index in [1.54, 1.807) is 10.8 Å². The van der Waals surface area contributed by atoms with Crippen molar-refractivity contribution in [3.8, 4) is 11.8 Å². The molecule has 0 radical (unpaired) electrons. The first-order chi connectivity index (χ1) is 10.6. The van der Waals surface area contributed by atoms with E-state index in [9.17, 15) is 8.78 Å². The Bertz CT molecular complexity index is 822. The van der Waals surface area contributed by atoms with E-state index in [2.05, 4.69) is 30.9 Å². The lowest BCUT2D eigenvalue weighted by molar-refractivity contribution is 0.147. The van der Waals surface area contributed by atoms with Crippen molar-refractivity contribution < 1.29 is 13.5 Å². The molecule has 0 spiro atoms. The standard InChI is InChI=1S/C14H11BrF2N4O/c1-22-13-9(6-11(16)17)7-18-14(20-13)21-5-4-8-2-3-10(15)19-12(8)21/h2-5,7,11H,6H2,1H3. The summed E-state index contributed by atoms with van der Waals surface area (Å²) in [5.41, 5.74) is 0.935. The fraction of sp³-hybridized carbons (Fsp3) is 0.214. The average molecular weight is 369 g/mol. The quantitative estimate of drug-likeness (QED) is 0.662. The molecule has 0 atom stereocenters. The summed E-state index contributed by atoms with van der Waals surface area (Å²) in [6, 6.07) is 5.61. The lowest BCUT2D eigenvalue weighted by atomic mass is 10.2. The van der Waals surface area contributed by atoms with Gasteiger partial charge in [-0.3, -0.25) is 4.57 Å². The van der Waals surface area contributed by atoms with E-state index in [4.69, 9.17) is 4.74 Å². The topological polar surface area (TPSA) is 52.8 Å². The van der Waals surface area contributed by atoms with Gasteiger partial charge in [-0.15, -0.1) is 0 Å². The summed E-state index contributed by atoms with van der Waals surface area (Å²) in [6.45, 7) is 0. The lowest BCUT2D eigenvalue weighted by Gasteiger charge is -2.09. The molecular weight excluding hydrogens is 358 g/mol. The van der Waals surface area contributed by atoms with Crippen molar-refractivity contribution in [1.29, 1.82) is 0 Å². The van der Waals surface area contributed by atoms with Crippen molar-refractivity contribution in [3.63, 3.8) is 0 Å². The zero-order valence-electron chi connectivity index (χ0n) is 11.5. The van der Waals surface area contributed by atoms with Gasteiger partial charge in [0.1, 0.15) is 10.3 Å². The molecule has 5 nitrogen and oxygen atoms in total. The van der Waals surface area contributed by atoms with Crippen LogP contribution in [0.4, 0.5) is 8.78 Å². The van der Waals surface area contributed by atoms with Crippen LogP contribution in [0.3, 0.4) is 0 Å². The van der Waals surface area contributed by atoms with Crippen molar-refractivity contribution in [2.45, 2.75) is 12.8 Å². The molecule has 0 saturated carbocycles. The molecule has 22 heavy (non-hydrogen) atoms. The number of aromatic nitrogens is 4. The number of rotatable bonds is 4. The third-order valence-electron chi connectivity index (χ3n) is 3.10. The SMILES string of the molecule is COc1nc(-n2ccc3ccc(Br)nc32)ncc1CC(F)F. The van der Waals surface area contributed by atoms with Gasteiger partial charge in [-0.1, -0.05) is 0 Å². The molecule has 0 bridgehead atoms. The number of fused-ring (bicyclic) bond motifs is 1. The minimum Gasteiger partial charge on any atom is -0.481 e. The van der Waals surface area contributed by atoms with Crippen LogP contribution in [0.1, 0.15) is 5.56 Å². The highest BCUT2D eigenvalue weighted by Gasteiger charge is 2.15. The summed E-state index contributed by atoms with van der Waals surface area (Å²) >= 11 is 3.32. The Hall–Kier alpha value is -2.09. The van der Waals surface area contributed by atoms with Gasteiger partial charge in [0.15, 0.2) is 0 Å². The van der Waals surface area contributed by atoms with Gasteiger partial charge in [0.25, 0.3) is 0 Å². The summed E-state index contributed by atoms with van der Waals surface area (Å²) in [6.07, 6.45) is 0.205. The number of pyridine rings is 1. The molecule has 8 heteroatoms. The zero-order chi connectivity index (χ0) is 15.7. The number of halogens is 3. The molecule has 0 fully saturated rings. The van der Waals surface area contributed by atoms with Crippen molar-refractivity contribution in [2.75, 3.05) is 7.11 Å². The van der Waals surface area contributed by atoms with Crippen LogP contribution in [0.5, 0.6) is 5.88 Å². The van der Waals surface area contributed by atoms with Gasteiger partial charge >= 0.3 is 0 Å². The average Bonchev–Trinajstić information content (AvgIpc) is 2.90. The molecule has 3 heterocycles. The van der Waals surface area contributed by atoms with Crippen LogP contribution in [-0.2, 0) is 6.42 Å². The molecule has 3 rings (SSSR count). The largest absolute Gasteiger partial charge is 0.481 e. The van der Waals surface area contributed by atoms with Gasteiger partial charge in [0.05, 0.1) is 7.11 Å². The first-order valence-corrected chi connectivity index (χ1v) is 7.20. The second kappa shape index (κ2) is 5.96. The van der Waals surface area contributed by atoms with E-state index in [0.29, 0.717) is 16.2 Å². The first kappa shape index (κ1) is 14.8. The van der Waals surface area contributed by atoms with E-state index >= 15 is 0 Å². The molecular formula is C14H11BrF2N4O. The van der Waals surface area contributed by atoms with Crippen LogP contribution in [-0.4, -0.2) is 33.1 Å². The maximum Gasteiger partial charge on any atom is 0.242 e. The molecule has 114 valence electrons. The minimum absolute atomic E-state index is 0.141. The molecule has 0 N–H and O–H groups in total. The number of nitrogens with zero attached hydrogens (tertiary/aromatic N) is 4. The van der Waals surface area contributed by atoms with Gasteiger partial charge in [-0.25, -0.2) is 18.7 Å². The van der Waals surface area contributed by atoms with Crippen molar-refractivity contribution in [2.24, 2.45) is 0 Å². The molecule has 3 aromatic rings. The highest BCUT2D eigenvalue weighted by atomic mass is 79.9. The fourth-order valence-corrected chi connectivity index (χ4v) is 2.43. The normalized spacial score (nSPS) is 11.3. The lowest BCUT2D eigenvalue weighted by Crippen LogP contribution is -2.07. The van der Waals surface area contributed by atoms with Crippen molar-refractivity contribution in [3.05, 3.63) is 40.8 Å². The second-order valence-electron chi connectivity index (χ2n) is 4.53. The Balaban J connectivity index is 2.09. The Labute approximate surface area is 133 Å². The van der Waals surface area contributed by atoms with Crippen molar-refractivity contribution >= 4 is 27.0 Å². The smallest absolute Gasteiger partial charge is 0.242 e. The van der Waals surface area contributed by atoms with E-state index < -0.39 is 12.8 Å². The van der Waals surface area contributed by atoms with Crippen molar-refractivity contribution in [1.82, 2.24) is 19.5 Å². The highest BCUT2D eigenvalue weighted by molar-refractivity contribution is 9.10. The second-order valence-corrected chi connectivity index (χ2v) is 5.34. The third-order valence-corrected chi connectivity index (χ3v) is 3.54. The fourth-order valence-electron chi connectivity index (χ4n) is 2.13. The van der Waals surface area contributed by atoms with Crippen LogP contribution >= 0.6 is 15.9 Å². The zero-order valence-corrected chi connectivity index (χ0v) is 13.1. The molecule has 0 aromatic carbocycles. The van der Waals surface area contributed by atoms with Gasteiger partial charge in [0, 0.05) is 29.8 Å². The summed E-state index contributed by atoms with van der Waals surface area (Å²) in [5.74, 6) is 0.456. The number of methoxy groups -OCH3 is 1. The summed E-state index contributed by atoms with van der Waals surface area (Å²) in [7, 11) is 1.39. The summed E-state index contributed by atoms with van der Waals surface area (Å²) in [5, 5.41) is 0.919. The first-order valence-electron chi connectivity index (χ1n) is 6.40. The predicted octanol–water partition coefficient (Wildman–Crippen LogP) is 3.39. The molecule has 0 aliphatic heterocycles. The molecule has 3 aromatic heterocycles. The Morgan fingerprint density at radius 1 is 1.27 bits per heavy atom. The summed E-state index contributed by atoms with van der Waals surface area (Å²) < 4.78 is 32.5. The maximum atomic E-state index is 12.5. The van der Waals surface area contributed by atoms with E-state index in [0.717, 1.165) is 5.39 Å². The molecule has 0 aliphatic rings. The van der Waals surface area contributed by atoms with Crippen LogP contribution in [0.25, 0.3) is 17.0 Å². The van der Waals surface area contributed by atoms with Crippen LogP contribution in [0.15, 0.2) is 35.2 Å². The van der Waals surface area contributed by atoms with Gasteiger partial charge in [-0.05, 0) is 34.1 Å². The predicted molar refractivity (Wildman–Crippen MR) is 80.6 cm³/mol. The van der Waals surface area contributed by atoms with E-state index in [1.807, 2.05) is 18.2 Å². The molecule has 0 saturated heterocycles. The maximum absolute atomic E-state index is 12.5. The van der Waals surface area contributed by atoms with E-state index in [-0.39, 0.29) is 11.4 Å². The van der Waals surface area contributed by atoms with Crippen LogP contribution < -0.4 is 4.74 Å². The monoisotopic (exact) mass is 368 g/mol. The number of ether oxygens (including phenoxy) is 1. The highest BCUT2D eigenvalue weighted by Crippen LogP contribution is 2.22. The minimum atomic E-state index is -2.48. The van der Waals surface area contributed by atoms with Gasteiger partial charge in [-0.2, -0.15) is 4.98 Å². The molecule has 0 aliphatic carbocycles. The number of hydrogen-bond donors (Lipinski definition) is 0. The third kappa shape index (κ3) is 2.78.